The molecule has 0 radical (unpaired) electrons. The van der Waals surface area contributed by atoms with E-state index >= 15 is 0 Å². The highest BCUT2D eigenvalue weighted by Gasteiger charge is 2.54. The third-order valence-corrected chi connectivity index (χ3v) is 4.31. The molecule has 1 N–H and O–H groups in total. The Morgan fingerprint density at radius 3 is 2.46 bits per heavy atom. The van der Waals surface area contributed by atoms with E-state index in [9.17, 15) is 9.90 Å². The van der Waals surface area contributed by atoms with E-state index in [1.807, 2.05) is 48.5 Å². The number of carbonyl (C=O) groups is 1. The van der Waals surface area contributed by atoms with E-state index in [0.29, 0.717) is 25.1 Å². The molecule has 0 spiro atoms. The molecule has 0 saturated carbocycles. The van der Waals surface area contributed by atoms with E-state index in [1.165, 1.54) is 7.11 Å². The lowest BCUT2D eigenvalue weighted by molar-refractivity contribution is -0.240. The molecule has 0 aliphatic carbocycles. The van der Waals surface area contributed by atoms with Gasteiger partial charge in [0.2, 0.25) is 5.60 Å². The number of benzene rings is 2. The number of aliphatic hydroxyl groups is 1. The molecular weight excluding hydrogens is 306 g/mol. The van der Waals surface area contributed by atoms with Crippen LogP contribution in [0.3, 0.4) is 0 Å². The quantitative estimate of drug-likeness (QED) is 0.855. The van der Waals surface area contributed by atoms with Crippen molar-refractivity contribution in [1.82, 2.24) is 5.06 Å². The number of hydrogen-bond acceptors (Lipinski definition) is 5. The van der Waals surface area contributed by atoms with Crippen LogP contribution in [-0.2, 0) is 20.9 Å². The first kappa shape index (κ1) is 16.6. The molecule has 2 aromatic carbocycles. The number of carbonyl (C=O) groups excluding carboxylic acids is 1. The maximum Gasteiger partial charge on any atom is 0.343 e. The van der Waals surface area contributed by atoms with Crippen LogP contribution in [-0.4, -0.2) is 35.4 Å². The van der Waals surface area contributed by atoms with Gasteiger partial charge in [0, 0.05) is 19.5 Å². The number of ether oxygens (including phenoxy) is 1. The standard InChI is InChI=1S/C19H21NO4/c1-23-18(22)19(17(21)16-10-6-3-7-11-16)12-13-20(24-19)14-15-8-4-2-5-9-15/h2-11,17,21H,12-14H2,1H3/t17-,19+/m1/s1. The van der Waals surface area contributed by atoms with E-state index in [0.717, 1.165) is 5.56 Å². The van der Waals surface area contributed by atoms with Crippen LogP contribution < -0.4 is 0 Å². The Morgan fingerprint density at radius 2 is 1.83 bits per heavy atom. The number of aliphatic hydroxyl groups excluding tert-OH is 1. The fraction of sp³-hybridized carbons (Fsp3) is 0.316. The third-order valence-electron chi connectivity index (χ3n) is 4.31. The molecule has 24 heavy (non-hydrogen) atoms. The fourth-order valence-electron chi connectivity index (χ4n) is 3.03. The monoisotopic (exact) mass is 327 g/mol. The highest BCUT2D eigenvalue weighted by molar-refractivity contribution is 5.81. The Balaban J connectivity index is 1.82. The minimum absolute atomic E-state index is 0.364. The molecule has 3 rings (SSSR count). The molecule has 0 bridgehead atoms. The Bertz CT molecular complexity index is 676. The minimum Gasteiger partial charge on any atom is -0.467 e. The van der Waals surface area contributed by atoms with E-state index in [4.69, 9.17) is 9.57 Å². The van der Waals surface area contributed by atoms with Gasteiger partial charge in [-0.15, -0.1) is 0 Å². The van der Waals surface area contributed by atoms with Crippen LogP contribution in [0.4, 0.5) is 0 Å². The Morgan fingerprint density at radius 1 is 1.21 bits per heavy atom. The van der Waals surface area contributed by atoms with E-state index < -0.39 is 17.7 Å². The van der Waals surface area contributed by atoms with Gasteiger partial charge in [-0.2, -0.15) is 5.06 Å². The summed E-state index contributed by atoms with van der Waals surface area (Å²) in [6.07, 6.45) is -0.727. The Labute approximate surface area is 141 Å². The summed E-state index contributed by atoms with van der Waals surface area (Å²) >= 11 is 0. The largest absolute Gasteiger partial charge is 0.467 e. The summed E-state index contributed by atoms with van der Waals surface area (Å²) < 4.78 is 4.93. The summed E-state index contributed by atoms with van der Waals surface area (Å²) in [5.74, 6) is -0.561. The molecule has 5 heteroatoms. The Hall–Kier alpha value is -2.21. The van der Waals surface area contributed by atoms with Crippen LogP contribution in [0.1, 0.15) is 23.7 Å². The molecule has 2 aromatic rings. The summed E-state index contributed by atoms with van der Waals surface area (Å²) in [6, 6.07) is 18.9. The highest BCUT2D eigenvalue weighted by Crippen LogP contribution is 2.39. The zero-order chi connectivity index (χ0) is 17.0. The summed E-state index contributed by atoms with van der Waals surface area (Å²) in [5, 5.41) is 12.5. The van der Waals surface area contributed by atoms with Crippen molar-refractivity contribution in [1.29, 1.82) is 0 Å². The second-order valence-electron chi connectivity index (χ2n) is 5.88. The Kier molecular flexibility index (Phi) is 4.94. The smallest absolute Gasteiger partial charge is 0.343 e. The summed E-state index contributed by atoms with van der Waals surface area (Å²) in [6.45, 7) is 1.08. The molecule has 5 nitrogen and oxygen atoms in total. The lowest BCUT2D eigenvalue weighted by Crippen LogP contribution is -2.46. The molecule has 1 aliphatic rings. The van der Waals surface area contributed by atoms with E-state index in [-0.39, 0.29) is 0 Å². The predicted molar refractivity (Wildman–Crippen MR) is 88.7 cm³/mol. The number of nitrogens with zero attached hydrogens (tertiary/aromatic N) is 1. The lowest BCUT2D eigenvalue weighted by atomic mass is 9.88. The zero-order valence-corrected chi connectivity index (χ0v) is 13.6. The minimum atomic E-state index is -1.41. The van der Waals surface area contributed by atoms with Crippen molar-refractivity contribution in [3.63, 3.8) is 0 Å². The van der Waals surface area contributed by atoms with Gasteiger partial charge in [-0.05, 0) is 11.1 Å². The molecule has 2 atom stereocenters. The first-order valence-corrected chi connectivity index (χ1v) is 7.95. The van der Waals surface area contributed by atoms with Crippen molar-refractivity contribution in [3.05, 3.63) is 71.8 Å². The van der Waals surface area contributed by atoms with Crippen LogP contribution >= 0.6 is 0 Å². The van der Waals surface area contributed by atoms with Crippen molar-refractivity contribution in [3.8, 4) is 0 Å². The van der Waals surface area contributed by atoms with Crippen LogP contribution in [0.2, 0.25) is 0 Å². The van der Waals surface area contributed by atoms with Crippen molar-refractivity contribution in [2.75, 3.05) is 13.7 Å². The number of rotatable bonds is 5. The average Bonchev–Trinajstić information content (AvgIpc) is 3.07. The van der Waals surface area contributed by atoms with E-state index in [2.05, 4.69) is 0 Å². The molecule has 1 aliphatic heterocycles. The lowest BCUT2D eigenvalue weighted by Gasteiger charge is -2.31. The second-order valence-corrected chi connectivity index (χ2v) is 5.88. The molecule has 1 saturated heterocycles. The molecule has 0 unspecified atom stereocenters. The van der Waals surface area contributed by atoms with Gasteiger partial charge in [-0.25, -0.2) is 4.79 Å². The van der Waals surface area contributed by atoms with Crippen molar-refractivity contribution in [2.45, 2.75) is 24.7 Å². The van der Waals surface area contributed by atoms with Gasteiger partial charge in [-0.3, -0.25) is 4.84 Å². The van der Waals surface area contributed by atoms with Gasteiger partial charge in [0.05, 0.1) is 7.11 Å². The van der Waals surface area contributed by atoms with Crippen LogP contribution in [0.25, 0.3) is 0 Å². The maximum atomic E-state index is 12.4. The van der Waals surface area contributed by atoms with E-state index in [1.54, 1.807) is 17.2 Å². The molecule has 1 heterocycles. The topological polar surface area (TPSA) is 59.0 Å². The molecule has 1 fully saturated rings. The van der Waals surface area contributed by atoms with Crippen molar-refractivity contribution in [2.24, 2.45) is 0 Å². The number of hydroxylamine groups is 2. The van der Waals surface area contributed by atoms with Crippen LogP contribution in [0.15, 0.2) is 60.7 Å². The molecule has 0 aromatic heterocycles. The van der Waals surface area contributed by atoms with Gasteiger partial charge in [0.15, 0.2) is 0 Å². The predicted octanol–water partition coefficient (Wildman–Crippen LogP) is 2.47. The third kappa shape index (κ3) is 3.19. The summed E-state index contributed by atoms with van der Waals surface area (Å²) in [7, 11) is 1.31. The summed E-state index contributed by atoms with van der Waals surface area (Å²) in [5.41, 5.74) is 0.294. The molecule has 126 valence electrons. The number of hydrogen-bond donors (Lipinski definition) is 1. The number of esters is 1. The van der Waals surface area contributed by atoms with Crippen LogP contribution in [0, 0.1) is 0 Å². The molecular formula is C19H21NO4. The normalized spacial score (nSPS) is 22.2. The highest BCUT2D eigenvalue weighted by atomic mass is 16.7. The van der Waals surface area contributed by atoms with Gasteiger partial charge >= 0.3 is 5.97 Å². The zero-order valence-electron chi connectivity index (χ0n) is 13.6. The second kappa shape index (κ2) is 7.13. The van der Waals surface area contributed by atoms with Crippen molar-refractivity contribution < 1.29 is 19.5 Å². The summed E-state index contributed by atoms with van der Waals surface area (Å²) in [4.78, 5) is 18.3. The maximum absolute atomic E-state index is 12.4. The SMILES string of the molecule is COC(=O)[C@@]1([C@H](O)c2ccccc2)CCN(Cc2ccccc2)O1. The average molecular weight is 327 g/mol. The van der Waals surface area contributed by atoms with Crippen LogP contribution in [0.5, 0.6) is 0 Å². The van der Waals surface area contributed by atoms with Gasteiger partial charge in [0.1, 0.15) is 6.10 Å². The first-order valence-electron chi connectivity index (χ1n) is 7.95. The van der Waals surface area contributed by atoms with Crippen molar-refractivity contribution >= 4 is 5.97 Å². The number of methoxy groups -OCH3 is 1. The van der Waals surface area contributed by atoms with Gasteiger partial charge < -0.3 is 9.84 Å². The van der Waals surface area contributed by atoms with Gasteiger partial charge in [0.25, 0.3) is 0 Å². The van der Waals surface area contributed by atoms with Gasteiger partial charge in [-0.1, -0.05) is 60.7 Å². The first-order chi connectivity index (χ1) is 11.7. The fourth-order valence-corrected chi connectivity index (χ4v) is 3.03. The molecule has 0 amide bonds.